The highest BCUT2D eigenvalue weighted by molar-refractivity contribution is 5.69. The molecule has 35 heavy (non-hydrogen) atoms. The molecule has 3 atom stereocenters. The molecule has 0 N–H and O–H groups in total. The maximum atomic E-state index is 12.1. The highest BCUT2D eigenvalue weighted by Crippen LogP contribution is 2.38. The number of esters is 1. The Balaban J connectivity index is 1.97. The van der Waals surface area contributed by atoms with E-state index in [4.69, 9.17) is 4.74 Å². The molecule has 3 heteroatoms. The van der Waals surface area contributed by atoms with E-state index in [0.29, 0.717) is 12.3 Å². The molecular weight excluding hydrogens is 430 g/mol. The molecule has 0 aromatic heterocycles. The second-order valence-corrected chi connectivity index (χ2v) is 11.9. The molecule has 1 rings (SSSR count). The minimum atomic E-state index is 0.0546. The summed E-state index contributed by atoms with van der Waals surface area (Å²) in [6, 6.07) is 0. The van der Waals surface area contributed by atoms with E-state index in [2.05, 4.69) is 32.8 Å². The van der Waals surface area contributed by atoms with Gasteiger partial charge in [0.1, 0.15) is 6.10 Å². The van der Waals surface area contributed by atoms with Crippen molar-refractivity contribution in [2.24, 2.45) is 11.8 Å². The summed E-state index contributed by atoms with van der Waals surface area (Å²) >= 11 is 0. The van der Waals surface area contributed by atoms with Crippen molar-refractivity contribution in [1.82, 2.24) is 4.90 Å². The van der Waals surface area contributed by atoms with Crippen LogP contribution in [0.25, 0.3) is 0 Å². The van der Waals surface area contributed by atoms with Gasteiger partial charge >= 0.3 is 5.97 Å². The van der Waals surface area contributed by atoms with Gasteiger partial charge in [0, 0.05) is 13.0 Å². The third-order valence-electron chi connectivity index (χ3n) is 7.90. The van der Waals surface area contributed by atoms with Gasteiger partial charge in [-0.1, -0.05) is 123 Å². The number of rotatable bonds is 26. The Morgan fingerprint density at radius 3 is 1.74 bits per heavy atom. The molecule has 0 saturated heterocycles. The number of hydrogen-bond donors (Lipinski definition) is 0. The summed E-state index contributed by atoms with van der Waals surface area (Å²) in [4.78, 5) is 14.4. The highest BCUT2D eigenvalue weighted by Gasteiger charge is 2.39. The van der Waals surface area contributed by atoms with E-state index >= 15 is 0 Å². The molecule has 0 spiro atoms. The van der Waals surface area contributed by atoms with Gasteiger partial charge in [-0.05, 0) is 58.0 Å². The average molecular weight is 494 g/mol. The normalized spacial score (nSPS) is 18.2. The lowest BCUT2D eigenvalue weighted by Crippen LogP contribution is -2.21. The van der Waals surface area contributed by atoms with Crippen LogP contribution in [0.2, 0.25) is 0 Å². The van der Waals surface area contributed by atoms with Crippen LogP contribution in [0.4, 0.5) is 0 Å². The number of ether oxygens (including phenoxy) is 1. The van der Waals surface area contributed by atoms with Crippen LogP contribution in [0.5, 0.6) is 0 Å². The van der Waals surface area contributed by atoms with Crippen molar-refractivity contribution in [3.63, 3.8) is 0 Å². The van der Waals surface area contributed by atoms with Crippen LogP contribution < -0.4 is 0 Å². The van der Waals surface area contributed by atoms with Crippen molar-refractivity contribution in [3.8, 4) is 0 Å². The monoisotopic (exact) mass is 493 g/mol. The van der Waals surface area contributed by atoms with E-state index in [1.165, 1.54) is 135 Å². The van der Waals surface area contributed by atoms with Gasteiger partial charge in [0.15, 0.2) is 0 Å². The van der Waals surface area contributed by atoms with Gasteiger partial charge in [-0.25, -0.2) is 0 Å². The van der Waals surface area contributed by atoms with Crippen molar-refractivity contribution >= 4 is 5.97 Å². The fourth-order valence-electron chi connectivity index (χ4n) is 5.55. The maximum absolute atomic E-state index is 12.1. The second-order valence-electron chi connectivity index (χ2n) is 11.9. The van der Waals surface area contributed by atoms with Crippen LogP contribution >= 0.6 is 0 Å². The van der Waals surface area contributed by atoms with Crippen molar-refractivity contribution in [3.05, 3.63) is 0 Å². The largest absolute Gasteiger partial charge is 0.462 e. The van der Waals surface area contributed by atoms with Crippen LogP contribution in [0.1, 0.15) is 162 Å². The number of carbonyl (C=O) groups excluding carboxylic acids is 1. The standard InChI is InChI=1S/C32H63NO2/c1-5-7-9-11-13-15-19-23-29(28-33(3)4)24-20-17-18-21-25-30-27-31(30)35-32(34)26-22-16-14-12-10-8-6-2/h29-31H,5-28H2,1-4H3. The molecular formula is C32H63NO2. The van der Waals surface area contributed by atoms with Gasteiger partial charge in [-0.2, -0.15) is 0 Å². The summed E-state index contributed by atoms with van der Waals surface area (Å²) in [6.07, 6.45) is 30.2. The van der Waals surface area contributed by atoms with E-state index in [1.54, 1.807) is 0 Å². The lowest BCUT2D eigenvalue weighted by Gasteiger charge is -2.21. The minimum absolute atomic E-state index is 0.0546. The predicted octanol–water partition coefficient (Wildman–Crippen LogP) is 9.72. The number of carbonyl (C=O) groups is 1. The summed E-state index contributed by atoms with van der Waals surface area (Å²) in [5.41, 5.74) is 0. The average Bonchev–Trinajstić information content (AvgIpc) is 3.56. The molecule has 3 nitrogen and oxygen atoms in total. The van der Waals surface area contributed by atoms with E-state index in [0.717, 1.165) is 18.8 Å². The first-order valence-electron chi connectivity index (χ1n) is 15.9. The Hall–Kier alpha value is -0.570. The van der Waals surface area contributed by atoms with Crippen LogP contribution in [-0.2, 0) is 9.53 Å². The van der Waals surface area contributed by atoms with Crippen molar-refractivity contribution in [1.29, 1.82) is 0 Å². The van der Waals surface area contributed by atoms with E-state index < -0.39 is 0 Å². The number of hydrogen-bond acceptors (Lipinski definition) is 3. The lowest BCUT2D eigenvalue weighted by atomic mass is 9.93. The number of unbranched alkanes of at least 4 members (excludes halogenated alkanes) is 15. The molecule has 3 unspecified atom stereocenters. The van der Waals surface area contributed by atoms with Gasteiger partial charge in [-0.15, -0.1) is 0 Å². The molecule has 0 aromatic rings. The summed E-state index contributed by atoms with van der Waals surface area (Å²) < 4.78 is 5.70. The summed E-state index contributed by atoms with van der Waals surface area (Å²) in [6.45, 7) is 5.80. The first-order valence-corrected chi connectivity index (χ1v) is 15.9. The van der Waals surface area contributed by atoms with Gasteiger partial charge in [0.05, 0.1) is 0 Å². The third-order valence-corrected chi connectivity index (χ3v) is 7.90. The Kier molecular flexibility index (Phi) is 21.0. The second kappa shape index (κ2) is 22.6. The molecule has 0 bridgehead atoms. The van der Waals surface area contributed by atoms with Crippen molar-refractivity contribution < 1.29 is 9.53 Å². The Morgan fingerprint density at radius 1 is 0.714 bits per heavy atom. The number of nitrogens with zero attached hydrogens (tertiary/aromatic N) is 1. The summed E-state index contributed by atoms with van der Waals surface area (Å²) in [5, 5.41) is 0. The van der Waals surface area contributed by atoms with Crippen LogP contribution in [0.15, 0.2) is 0 Å². The summed E-state index contributed by atoms with van der Waals surface area (Å²) in [7, 11) is 4.45. The first-order chi connectivity index (χ1) is 17.1. The van der Waals surface area contributed by atoms with Crippen LogP contribution in [-0.4, -0.2) is 37.6 Å². The summed E-state index contributed by atoms with van der Waals surface area (Å²) in [5.74, 6) is 1.59. The molecule has 0 radical (unpaired) electrons. The molecule has 0 heterocycles. The van der Waals surface area contributed by atoms with E-state index in [9.17, 15) is 4.79 Å². The van der Waals surface area contributed by atoms with E-state index in [1.807, 2.05) is 0 Å². The zero-order valence-electron chi connectivity index (χ0n) is 24.5. The first kappa shape index (κ1) is 32.5. The molecule has 1 aliphatic rings. The Labute approximate surface area is 220 Å². The smallest absolute Gasteiger partial charge is 0.306 e. The predicted molar refractivity (Wildman–Crippen MR) is 153 cm³/mol. The van der Waals surface area contributed by atoms with Crippen molar-refractivity contribution in [2.45, 2.75) is 168 Å². The fraction of sp³-hybridized carbons (Fsp3) is 0.969. The molecule has 1 aliphatic carbocycles. The molecule has 0 amide bonds. The van der Waals surface area contributed by atoms with Gasteiger partial charge in [0.2, 0.25) is 0 Å². The lowest BCUT2D eigenvalue weighted by molar-refractivity contribution is -0.145. The zero-order chi connectivity index (χ0) is 25.6. The van der Waals surface area contributed by atoms with Crippen LogP contribution in [0.3, 0.4) is 0 Å². The topological polar surface area (TPSA) is 29.5 Å². The van der Waals surface area contributed by atoms with Crippen LogP contribution in [0, 0.1) is 11.8 Å². The van der Waals surface area contributed by atoms with Gasteiger partial charge in [0.25, 0.3) is 0 Å². The SMILES string of the molecule is CCCCCCCCCC(=O)OC1CC1CCCCCCC(CCCCCCCCC)CN(C)C. The molecule has 0 aliphatic heterocycles. The molecule has 1 fully saturated rings. The zero-order valence-corrected chi connectivity index (χ0v) is 24.5. The van der Waals surface area contributed by atoms with E-state index in [-0.39, 0.29) is 12.1 Å². The fourth-order valence-corrected chi connectivity index (χ4v) is 5.55. The molecule has 1 saturated carbocycles. The van der Waals surface area contributed by atoms with Gasteiger partial charge < -0.3 is 9.64 Å². The van der Waals surface area contributed by atoms with Gasteiger partial charge in [-0.3, -0.25) is 4.79 Å². The van der Waals surface area contributed by atoms with Crippen molar-refractivity contribution in [2.75, 3.05) is 20.6 Å². The molecule has 0 aromatic carbocycles. The molecule has 208 valence electrons. The maximum Gasteiger partial charge on any atom is 0.306 e. The highest BCUT2D eigenvalue weighted by atomic mass is 16.5. The Morgan fingerprint density at radius 2 is 1.20 bits per heavy atom. The minimum Gasteiger partial charge on any atom is -0.462 e. The Bertz CT molecular complexity index is 478. The third kappa shape index (κ3) is 20.2. The quantitative estimate of drug-likeness (QED) is 0.0887.